The van der Waals surface area contributed by atoms with Crippen LogP contribution in [0.4, 0.5) is 10.5 Å². The monoisotopic (exact) mass is 308 g/mol. The summed E-state index contributed by atoms with van der Waals surface area (Å²) in [6.45, 7) is 6.63. The van der Waals surface area contributed by atoms with E-state index in [0.29, 0.717) is 24.6 Å². The van der Waals surface area contributed by atoms with Crippen molar-refractivity contribution in [2.75, 3.05) is 19.0 Å². The van der Waals surface area contributed by atoms with Gasteiger partial charge in [0.05, 0.1) is 12.2 Å². The number of aliphatic hydroxyl groups is 1. The summed E-state index contributed by atoms with van der Waals surface area (Å²) in [5, 5.41) is 15.8. The van der Waals surface area contributed by atoms with Crippen LogP contribution in [-0.4, -0.2) is 30.4 Å². The number of methoxy groups -OCH3 is 1. The number of carbonyl (C=O) groups is 1. The fourth-order valence-corrected chi connectivity index (χ4v) is 2.05. The van der Waals surface area contributed by atoms with E-state index < -0.39 is 5.60 Å². The fourth-order valence-electron chi connectivity index (χ4n) is 2.05. The highest BCUT2D eigenvalue weighted by Gasteiger charge is 2.21. The molecule has 124 valence electrons. The Hall–Kier alpha value is -1.59. The molecule has 0 aliphatic rings. The van der Waals surface area contributed by atoms with Crippen LogP contribution in [0, 0.1) is 5.92 Å². The Bertz CT molecular complexity index is 473. The lowest BCUT2D eigenvalue weighted by Gasteiger charge is -2.24. The van der Waals surface area contributed by atoms with Crippen LogP contribution in [0.5, 0.6) is 0 Å². The van der Waals surface area contributed by atoms with Gasteiger partial charge in [-0.25, -0.2) is 4.79 Å². The highest BCUT2D eigenvalue weighted by Crippen LogP contribution is 2.17. The molecule has 0 aliphatic heterocycles. The first-order valence-corrected chi connectivity index (χ1v) is 7.68. The largest absolute Gasteiger partial charge is 0.388 e. The number of urea groups is 1. The van der Waals surface area contributed by atoms with Gasteiger partial charge in [0.2, 0.25) is 0 Å². The summed E-state index contributed by atoms with van der Waals surface area (Å²) in [6.07, 6.45) is 1.58. The number of ether oxygens (including phenoxy) is 1. The molecule has 0 bridgehead atoms. The number of hydrogen-bond donors (Lipinski definition) is 3. The van der Waals surface area contributed by atoms with E-state index in [9.17, 15) is 9.90 Å². The Labute approximate surface area is 133 Å². The summed E-state index contributed by atoms with van der Waals surface area (Å²) in [5.74, 6) is 0.529. The maximum absolute atomic E-state index is 12.0. The number of benzene rings is 1. The zero-order chi connectivity index (χ0) is 16.6. The van der Waals surface area contributed by atoms with Crippen molar-refractivity contribution in [2.45, 2.75) is 45.8 Å². The van der Waals surface area contributed by atoms with Crippen LogP contribution in [0.2, 0.25) is 0 Å². The van der Waals surface area contributed by atoms with Crippen molar-refractivity contribution < 1.29 is 14.6 Å². The highest BCUT2D eigenvalue weighted by molar-refractivity contribution is 5.90. The number of amides is 2. The average Bonchev–Trinajstić information content (AvgIpc) is 2.46. The molecular weight excluding hydrogens is 280 g/mol. The molecule has 5 heteroatoms. The van der Waals surface area contributed by atoms with Gasteiger partial charge >= 0.3 is 6.03 Å². The van der Waals surface area contributed by atoms with Crippen LogP contribution in [0.15, 0.2) is 24.3 Å². The second-order valence-electron chi connectivity index (χ2n) is 6.33. The van der Waals surface area contributed by atoms with E-state index in [1.165, 1.54) is 0 Å². The minimum absolute atomic E-state index is 0.220. The van der Waals surface area contributed by atoms with E-state index in [2.05, 4.69) is 24.5 Å². The Morgan fingerprint density at radius 1 is 1.36 bits per heavy atom. The van der Waals surface area contributed by atoms with Gasteiger partial charge in [0, 0.05) is 24.9 Å². The predicted octanol–water partition coefficient (Wildman–Crippen LogP) is 3.14. The quantitative estimate of drug-likeness (QED) is 0.691. The van der Waals surface area contributed by atoms with Gasteiger partial charge in [-0.15, -0.1) is 0 Å². The van der Waals surface area contributed by atoms with Crippen molar-refractivity contribution in [3.8, 4) is 0 Å². The molecule has 1 aromatic rings. The number of nitrogens with one attached hydrogen (secondary N) is 2. The van der Waals surface area contributed by atoms with Gasteiger partial charge in [0.1, 0.15) is 0 Å². The third-order valence-corrected chi connectivity index (χ3v) is 3.46. The zero-order valence-electron chi connectivity index (χ0n) is 14.0. The lowest BCUT2D eigenvalue weighted by atomic mass is 9.95. The summed E-state index contributed by atoms with van der Waals surface area (Å²) in [5.41, 5.74) is 0.726. The molecule has 0 aliphatic carbocycles. The third-order valence-electron chi connectivity index (χ3n) is 3.46. The van der Waals surface area contributed by atoms with Crippen LogP contribution in [0.3, 0.4) is 0 Å². The first-order valence-electron chi connectivity index (χ1n) is 7.68. The first-order chi connectivity index (χ1) is 10.3. The summed E-state index contributed by atoms with van der Waals surface area (Å²) in [4.78, 5) is 12.0. The predicted molar refractivity (Wildman–Crippen MR) is 88.9 cm³/mol. The normalized spacial score (nSPS) is 13.7. The number of anilines is 1. The molecule has 1 unspecified atom stereocenters. The molecule has 0 fully saturated rings. The van der Waals surface area contributed by atoms with Crippen molar-refractivity contribution >= 4 is 11.7 Å². The van der Waals surface area contributed by atoms with E-state index in [1.54, 1.807) is 14.0 Å². The standard InChI is InChI=1S/C17H28N2O3/c1-13(2)9-10-17(3,21)12-18-16(20)19-15-8-6-5-7-14(15)11-22-4/h5-8,13,21H,9-12H2,1-4H3,(H2,18,19,20). The van der Waals surface area contributed by atoms with Crippen molar-refractivity contribution in [2.24, 2.45) is 5.92 Å². The lowest BCUT2D eigenvalue weighted by Crippen LogP contribution is -2.42. The Morgan fingerprint density at radius 2 is 2.05 bits per heavy atom. The summed E-state index contributed by atoms with van der Waals surface area (Å²) in [7, 11) is 1.61. The summed E-state index contributed by atoms with van der Waals surface area (Å²) in [6, 6.07) is 7.15. The minimum Gasteiger partial charge on any atom is -0.388 e. The molecule has 1 atom stereocenters. The molecule has 2 amide bonds. The molecular formula is C17H28N2O3. The van der Waals surface area contributed by atoms with Crippen molar-refractivity contribution in [1.29, 1.82) is 0 Å². The van der Waals surface area contributed by atoms with Gasteiger partial charge in [-0.2, -0.15) is 0 Å². The lowest BCUT2D eigenvalue weighted by molar-refractivity contribution is 0.0481. The van der Waals surface area contributed by atoms with Gasteiger partial charge < -0.3 is 20.5 Å². The molecule has 0 spiro atoms. The second-order valence-corrected chi connectivity index (χ2v) is 6.33. The molecule has 0 saturated heterocycles. The Morgan fingerprint density at radius 3 is 2.68 bits per heavy atom. The molecule has 22 heavy (non-hydrogen) atoms. The molecule has 0 radical (unpaired) electrons. The number of para-hydroxylation sites is 1. The minimum atomic E-state index is -0.895. The highest BCUT2D eigenvalue weighted by atomic mass is 16.5. The van der Waals surface area contributed by atoms with Gasteiger partial charge in [-0.05, 0) is 31.7 Å². The molecule has 0 heterocycles. The van der Waals surface area contributed by atoms with Gasteiger partial charge in [-0.1, -0.05) is 32.0 Å². The van der Waals surface area contributed by atoms with E-state index in [4.69, 9.17) is 4.74 Å². The summed E-state index contributed by atoms with van der Waals surface area (Å²) < 4.78 is 5.11. The number of rotatable bonds is 8. The number of hydrogen-bond acceptors (Lipinski definition) is 3. The maximum atomic E-state index is 12.0. The average molecular weight is 308 g/mol. The SMILES string of the molecule is COCc1ccccc1NC(=O)NCC(C)(O)CCC(C)C. The van der Waals surface area contributed by atoms with Gasteiger partial charge in [0.25, 0.3) is 0 Å². The van der Waals surface area contributed by atoms with Crippen molar-refractivity contribution in [3.05, 3.63) is 29.8 Å². The van der Waals surface area contributed by atoms with E-state index >= 15 is 0 Å². The van der Waals surface area contributed by atoms with E-state index in [-0.39, 0.29) is 12.6 Å². The third kappa shape index (κ3) is 6.91. The van der Waals surface area contributed by atoms with Crippen LogP contribution in [-0.2, 0) is 11.3 Å². The van der Waals surface area contributed by atoms with Crippen molar-refractivity contribution in [3.63, 3.8) is 0 Å². The summed E-state index contributed by atoms with van der Waals surface area (Å²) >= 11 is 0. The van der Waals surface area contributed by atoms with Crippen LogP contribution in [0.25, 0.3) is 0 Å². The molecule has 0 aromatic heterocycles. The molecule has 1 rings (SSSR count). The van der Waals surface area contributed by atoms with Crippen LogP contribution in [0.1, 0.15) is 39.2 Å². The number of carbonyl (C=O) groups excluding carboxylic acids is 1. The maximum Gasteiger partial charge on any atom is 0.319 e. The topological polar surface area (TPSA) is 70.6 Å². The van der Waals surface area contributed by atoms with Gasteiger partial charge in [-0.3, -0.25) is 0 Å². The van der Waals surface area contributed by atoms with E-state index in [1.807, 2.05) is 24.3 Å². The molecule has 5 nitrogen and oxygen atoms in total. The Kier molecular flexibility index (Phi) is 7.35. The Balaban J connectivity index is 2.49. The first kappa shape index (κ1) is 18.5. The zero-order valence-corrected chi connectivity index (χ0v) is 14.0. The second kappa shape index (κ2) is 8.76. The van der Waals surface area contributed by atoms with Crippen LogP contribution < -0.4 is 10.6 Å². The van der Waals surface area contributed by atoms with Crippen LogP contribution >= 0.6 is 0 Å². The smallest absolute Gasteiger partial charge is 0.319 e. The molecule has 0 saturated carbocycles. The van der Waals surface area contributed by atoms with Crippen molar-refractivity contribution in [1.82, 2.24) is 5.32 Å². The fraction of sp³-hybridized carbons (Fsp3) is 0.588. The molecule has 3 N–H and O–H groups in total. The van der Waals surface area contributed by atoms with E-state index in [0.717, 1.165) is 12.0 Å². The molecule has 1 aromatic carbocycles. The van der Waals surface area contributed by atoms with Gasteiger partial charge in [0.15, 0.2) is 0 Å².